The number of aromatic hydroxyl groups is 3. The highest BCUT2D eigenvalue weighted by Gasteiger charge is 2.30. The van der Waals surface area contributed by atoms with Crippen molar-refractivity contribution < 1.29 is 24.9 Å². The van der Waals surface area contributed by atoms with Crippen LogP contribution in [-0.2, 0) is 47.3 Å². The Labute approximate surface area is 412 Å². The summed E-state index contributed by atoms with van der Waals surface area (Å²) in [5.74, 6) is 0.404. The van der Waals surface area contributed by atoms with Crippen LogP contribution in [0.5, 0.6) is 23.0 Å². The van der Waals surface area contributed by atoms with E-state index in [1.165, 1.54) is 0 Å². The first-order chi connectivity index (χ1) is 32.4. The number of phenolic OH excluding ortho intramolecular Hbond substituents is 3. The van der Waals surface area contributed by atoms with E-state index in [9.17, 15) is 15.3 Å². The van der Waals surface area contributed by atoms with Crippen molar-refractivity contribution in [3.63, 3.8) is 0 Å². The van der Waals surface area contributed by atoms with Crippen molar-refractivity contribution in [2.45, 2.75) is 130 Å². The van der Waals surface area contributed by atoms with Crippen LogP contribution in [0.1, 0.15) is 160 Å². The maximum absolute atomic E-state index is 15.3. The average Bonchev–Trinajstić information content (AvgIpc) is 3.27. The van der Waals surface area contributed by atoms with Crippen LogP contribution in [0.3, 0.4) is 0 Å². The highest BCUT2D eigenvalue weighted by Crippen LogP contribution is 2.44. The zero-order valence-corrected chi connectivity index (χ0v) is 43.5. The van der Waals surface area contributed by atoms with E-state index in [2.05, 4.69) is 156 Å². The fourth-order valence-corrected chi connectivity index (χ4v) is 11.8. The SMILES string of the molecule is CC(C)(C)c1cc2c(O)c(c1)Cc1cc(C(C)(C)C)cc(c1O)Cc1cc(C(C)(C)C)cc(c1OC(=O)c1ccccc1P(c1ccccc1)c1ccccc1)Cc1cc(C(C)(C)C)cc(c1O)C2. The summed E-state index contributed by atoms with van der Waals surface area (Å²) < 4.78 is 6.93. The van der Waals surface area contributed by atoms with E-state index in [0.29, 0.717) is 44.7 Å². The fourth-order valence-electron chi connectivity index (χ4n) is 9.36. The third-order valence-corrected chi connectivity index (χ3v) is 16.1. The number of esters is 1. The Kier molecular flexibility index (Phi) is 13.3. The van der Waals surface area contributed by atoms with Crippen LogP contribution in [0, 0.1) is 0 Å². The number of ether oxygens (including phenoxy) is 1. The molecule has 0 aromatic heterocycles. The number of carbonyl (C=O) groups excluding carboxylic acids is 1. The van der Waals surface area contributed by atoms with Gasteiger partial charge < -0.3 is 20.1 Å². The van der Waals surface area contributed by atoms with Crippen molar-refractivity contribution >= 4 is 29.8 Å². The van der Waals surface area contributed by atoms with Gasteiger partial charge in [-0.3, -0.25) is 0 Å². The summed E-state index contributed by atoms with van der Waals surface area (Å²) in [6.07, 6.45) is 1.07. The Hall–Kier alpha value is -6.16. The second kappa shape index (κ2) is 18.6. The Morgan fingerprint density at radius 3 is 1.00 bits per heavy atom. The average molecular weight is 937 g/mol. The van der Waals surface area contributed by atoms with Gasteiger partial charge in [0.15, 0.2) is 0 Å². The lowest BCUT2D eigenvalue weighted by molar-refractivity contribution is 0.0733. The molecule has 0 fully saturated rings. The minimum absolute atomic E-state index is 0.150. The summed E-state index contributed by atoms with van der Waals surface area (Å²) in [6.45, 7) is 26.0. The minimum atomic E-state index is -1.15. The number of fused-ring (bicyclic) bond motifs is 8. The second-order valence-corrected chi connectivity index (χ2v) is 25.4. The molecular formula is C63H69O5P. The Morgan fingerprint density at radius 2 is 0.681 bits per heavy atom. The molecule has 7 aromatic carbocycles. The van der Waals surface area contributed by atoms with Crippen LogP contribution < -0.4 is 20.7 Å². The van der Waals surface area contributed by atoms with Gasteiger partial charge in [-0.2, -0.15) is 0 Å². The predicted molar refractivity (Wildman–Crippen MR) is 287 cm³/mol. The van der Waals surface area contributed by atoms with Gasteiger partial charge in [0.25, 0.3) is 0 Å². The molecule has 7 aromatic rings. The molecule has 0 heterocycles. The van der Waals surface area contributed by atoms with Crippen molar-refractivity contribution in [2.75, 3.05) is 0 Å². The molecule has 0 aliphatic heterocycles. The van der Waals surface area contributed by atoms with Crippen molar-refractivity contribution in [2.24, 2.45) is 0 Å². The van der Waals surface area contributed by atoms with E-state index in [1.54, 1.807) is 0 Å². The number of benzene rings is 7. The summed E-state index contributed by atoms with van der Waals surface area (Å²) >= 11 is 0. The Morgan fingerprint density at radius 1 is 0.406 bits per heavy atom. The zero-order valence-electron chi connectivity index (χ0n) is 42.6. The monoisotopic (exact) mass is 936 g/mol. The molecule has 3 N–H and O–H groups in total. The van der Waals surface area contributed by atoms with Crippen LogP contribution >= 0.6 is 7.92 Å². The van der Waals surface area contributed by atoms with Gasteiger partial charge in [-0.05, 0) is 107 Å². The Balaban J connectivity index is 1.41. The minimum Gasteiger partial charge on any atom is -0.507 e. The predicted octanol–water partition coefficient (Wildman–Crippen LogP) is 13.6. The molecule has 0 saturated carbocycles. The van der Waals surface area contributed by atoms with Gasteiger partial charge in [-0.1, -0.05) is 210 Å². The summed E-state index contributed by atoms with van der Waals surface area (Å²) in [6, 6.07) is 45.2. The number of carbonyl (C=O) groups is 1. The van der Waals surface area contributed by atoms with Gasteiger partial charge in [0.05, 0.1) is 5.56 Å². The third kappa shape index (κ3) is 10.6. The number of rotatable bonds is 5. The molecule has 8 bridgehead atoms. The van der Waals surface area contributed by atoms with Crippen LogP contribution in [0.15, 0.2) is 133 Å². The molecule has 0 spiro atoms. The van der Waals surface area contributed by atoms with Crippen molar-refractivity contribution in [1.29, 1.82) is 0 Å². The van der Waals surface area contributed by atoms with Gasteiger partial charge in [0.2, 0.25) is 0 Å². The zero-order chi connectivity index (χ0) is 49.8. The first-order valence-corrected chi connectivity index (χ1v) is 25.6. The topological polar surface area (TPSA) is 87.0 Å². The Bertz CT molecular complexity index is 2890. The molecule has 0 unspecified atom stereocenters. The highest BCUT2D eigenvalue weighted by atomic mass is 31.1. The first kappa shape index (κ1) is 49.3. The van der Waals surface area contributed by atoms with Gasteiger partial charge >= 0.3 is 5.97 Å². The maximum Gasteiger partial charge on any atom is 0.344 e. The van der Waals surface area contributed by atoms with E-state index < -0.39 is 13.9 Å². The third-order valence-electron chi connectivity index (χ3n) is 13.6. The molecule has 0 amide bonds. The van der Waals surface area contributed by atoms with E-state index in [-0.39, 0.29) is 64.6 Å². The fraction of sp³-hybridized carbons (Fsp3) is 0.317. The standard InChI is InChI=1S/C63H69O5P/c1-60(2,3)47-31-39-27-41-33-48(61(4,5)6)35-43(56(41)65)29-45-37-50(63(10,11)12)38-46(30-44-36-49(62(7,8)9)34-42(57(44)66)28-40(32-47)55(39)64)58(45)68-59(67)53-25-19-20-26-54(53)69(51-21-15-13-16-22-51)52-23-17-14-18-24-52/h13-26,31-38,64-66H,27-30H2,1-12H3. The quantitative estimate of drug-likeness (QED) is 0.0909. The van der Waals surface area contributed by atoms with Crippen molar-refractivity contribution in [3.05, 3.63) is 206 Å². The first-order valence-electron chi connectivity index (χ1n) is 24.3. The summed E-state index contributed by atoms with van der Waals surface area (Å²) in [5, 5.41) is 40.5. The lowest BCUT2D eigenvalue weighted by Gasteiger charge is -2.27. The molecule has 0 atom stereocenters. The lowest BCUT2D eigenvalue weighted by Crippen LogP contribution is -2.27. The van der Waals surface area contributed by atoms with Gasteiger partial charge in [0.1, 0.15) is 23.0 Å². The second-order valence-electron chi connectivity index (χ2n) is 23.2. The molecule has 6 heteroatoms. The van der Waals surface area contributed by atoms with Crippen LogP contribution in [0.4, 0.5) is 0 Å². The van der Waals surface area contributed by atoms with Gasteiger partial charge in [-0.15, -0.1) is 0 Å². The van der Waals surface area contributed by atoms with E-state index >= 15 is 4.79 Å². The molecule has 1 aliphatic carbocycles. The maximum atomic E-state index is 15.3. The number of hydrogen-bond donors (Lipinski definition) is 3. The van der Waals surface area contributed by atoms with Gasteiger partial charge in [0, 0.05) is 36.8 Å². The van der Waals surface area contributed by atoms with Crippen LogP contribution in [0.25, 0.3) is 0 Å². The van der Waals surface area contributed by atoms with Gasteiger partial charge in [-0.25, -0.2) is 4.79 Å². The molecule has 0 saturated heterocycles. The highest BCUT2D eigenvalue weighted by molar-refractivity contribution is 7.80. The molecule has 5 nitrogen and oxygen atoms in total. The molecule has 0 radical (unpaired) electrons. The van der Waals surface area contributed by atoms with E-state index in [1.807, 2.05) is 60.7 Å². The van der Waals surface area contributed by atoms with E-state index in [4.69, 9.17) is 4.74 Å². The van der Waals surface area contributed by atoms with Crippen molar-refractivity contribution in [1.82, 2.24) is 0 Å². The summed E-state index contributed by atoms with van der Waals surface area (Å²) in [5.41, 5.74) is 9.26. The smallest absolute Gasteiger partial charge is 0.344 e. The summed E-state index contributed by atoms with van der Waals surface area (Å²) in [7, 11) is -1.15. The molecule has 8 rings (SSSR count). The van der Waals surface area contributed by atoms with Crippen LogP contribution in [0.2, 0.25) is 0 Å². The largest absolute Gasteiger partial charge is 0.507 e. The number of hydrogen-bond acceptors (Lipinski definition) is 5. The number of phenols is 3. The summed E-state index contributed by atoms with van der Waals surface area (Å²) in [4.78, 5) is 15.3. The molecule has 1 aliphatic rings. The van der Waals surface area contributed by atoms with Crippen LogP contribution in [-0.4, -0.2) is 21.3 Å². The molecule has 356 valence electrons. The normalized spacial score (nSPS) is 13.3. The molecular weight excluding hydrogens is 868 g/mol. The van der Waals surface area contributed by atoms with E-state index in [0.717, 1.165) is 49.3 Å². The molecule has 69 heavy (non-hydrogen) atoms. The van der Waals surface area contributed by atoms with Crippen molar-refractivity contribution in [3.8, 4) is 23.0 Å². The lowest BCUT2D eigenvalue weighted by atomic mass is 9.79.